The van der Waals surface area contributed by atoms with Crippen LogP contribution in [0.2, 0.25) is 0 Å². The SMILES string of the molecule is CC(C)=CCC/C(C)=C/C(=O)/C(C(=O)C(O)(CO)C(=O)OP(=O)(OC(=O)C(O)(CO)C(=O)/C(C(=O)/C=C(\C)CCC=C(C)C)=C(\C)CCC=C(C)C)OC(=O)C(O)(CO)C(=O)/C(C(=O)/C=C(\C)CCC=C(C)C)=C(\C)CCC=C(C)C)=C(/C)CCC=C(C)C. The van der Waals surface area contributed by atoms with Crippen molar-refractivity contribution in [2.75, 3.05) is 19.8 Å². The number of carbonyl (C=O) groups is 9. The Hall–Kier alpha value is -6.70. The van der Waals surface area contributed by atoms with Gasteiger partial charge < -0.3 is 44.2 Å². The van der Waals surface area contributed by atoms with Crippen LogP contribution in [0.3, 0.4) is 0 Å². The Morgan fingerprint density at radius 2 is 0.506 bits per heavy atom. The molecule has 0 amide bonds. The third-order valence-electron chi connectivity index (χ3n) is 13.7. The van der Waals surface area contributed by atoms with E-state index in [1.54, 1.807) is 80.5 Å². The maximum Gasteiger partial charge on any atom is 0.654 e. The van der Waals surface area contributed by atoms with Crippen LogP contribution in [0, 0.1) is 0 Å². The van der Waals surface area contributed by atoms with Gasteiger partial charge in [-0.1, -0.05) is 103 Å². The van der Waals surface area contributed by atoms with E-state index in [-0.39, 0.29) is 55.2 Å². The summed E-state index contributed by atoms with van der Waals surface area (Å²) >= 11 is 0. The second-order valence-corrected chi connectivity index (χ2v) is 25.5. The molecule has 20 heteroatoms. The second-order valence-electron chi connectivity index (χ2n) is 24.1. The van der Waals surface area contributed by atoms with E-state index in [4.69, 9.17) is 13.6 Å². The maximum atomic E-state index is 15.3. The Kier molecular flexibility index (Phi) is 35.8. The molecule has 0 aromatic heterocycles. The summed E-state index contributed by atoms with van der Waals surface area (Å²) < 4.78 is 29.9. The molecule has 494 valence electrons. The van der Waals surface area contributed by atoms with Crippen molar-refractivity contribution >= 4 is 60.4 Å². The first-order chi connectivity index (χ1) is 41.1. The molecule has 0 aliphatic carbocycles. The van der Waals surface area contributed by atoms with Gasteiger partial charge in [-0.3, -0.25) is 28.8 Å². The second kappa shape index (κ2) is 38.8. The summed E-state index contributed by atoms with van der Waals surface area (Å²) in [5, 5.41) is 68.4. The minimum Gasteiger partial charge on any atom is -0.392 e. The predicted octanol–water partition coefficient (Wildman–Crippen LogP) is 11.6. The Bertz CT molecular complexity index is 2760. The molecule has 19 nitrogen and oxygen atoms in total. The van der Waals surface area contributed by atoms with Crippen molar-refractivity contribution in [3.63, 3.8) is 0 Å². The van der Waals surface area contributed by atoms with E-state index in [2.05, 4.69) is 0 Å². The fourth-order valence-corrected chi connectivity index (χ4v) is 9.59. The van der Waals surface area contributed by atoms with Gasteiger partial charge in [0.2, 0.25) is 34.2 Å². The zero-order valence-corrected chi connectivity index (χ0v) is 56.6. The van der Waals surface area contributed by atoms with Gasteiger partial charge in [0.1, 0.15) is 0 Å². The van der Waals surface area contributed by atoms with Gasteiger partial charge in [-0.25, -0.2) is 14.4 Å². The molecule has 0 aromatic carbocycles. The highest BCUT2D eigenvalue weighted by Gasteiger charge is 2.59. The molecule has 0 rings (SSSR count). The molecule has 3 unspecified atom stereocenters. The van der Waals surface area contributed by atoms with Gasteiger partial charge in [0.05, 0.1) is 36.5 Å². The molecule has 0 radical (unpaired) electrons. The van der Waals surface area contributed by atoms with Crippen molar-refractivity contribution in [1.29, 1.82) is 0 Å². The summed E-state index contributed by atoms with van der Waals surface area (Å²) in [5.74, 6) is -16.8. The first-order valence-electron chi connectivity index (χ1n) is 29.6. The Morgan fingerprint density at radius 1 is 0.326 bits per heavy atom. The van der Waals surface area contributed by atoms with E-state index in [1.807, 2.05) is 59.8 Å². The Morgan fingerprint density at radius 3 is 0.674 bits per heavy atom. The lowest BCUT2D eigenvalue weighted by Crippen LogP contribution is -2.54. The van der Waals surface area contributed by atoms with Crippen LogP contribution in [0.25, 0.3) is 0 Å². The van der Waals surface area contributed by atoms with E-state index in [0.29, 0.717) is 55.2 Å². The number of hydrogen-bond donors (Lipinski definition) is 6. The van der Waals surface area contributed by atoms with Gasteiger partial charge in [0.25, 0.3) is 0 Å². The highest BCUT2D eigenvalue weighted by molar-refractivity contribution is 7.50. The number of aliphatic hydroxyl groups excluding tert-OH is 3. The van der Waals surface area contributed by atoms with Crippen molar-refractivity contribution in [2.24, 2.45) is 0 Å². The molecule has 0 aliphatic rings. The topological polar surface area (TPSA) is 320 Å². The molecule has 0 bridgehead atoms. The van der Waals surface area contributed by atoms with Gasteiger partial charge in [0, 0.05) is 0 Å². The van der Waals surface area contributed by atoms with Crippen molar-refractivity contribution in [1.82, 2.24) is 0 Å². The number of allylic oxidation sites excluding steroid dienone is 21. The highest BCUT2D eigenvalue weighted by atomic mass is 31.2. The standard InChI is InChI=1S/C69H99O19P/c1-43(2)25-19-31-49(13)37-55(73)58(52(16)34-22-28-46(7)8)61(76)67(82,40-70)64(79)86-89(85,87-65(80)68(83,41-71)62(77)59(53(17)35-23-29-47(9)10)56(74)38-50(14)32-20-26-44(3)4)88-66(81)69(84,42-72)63(78)60(54(18)36-24-30-48(11)12)57(75)39-51(15)33-21-27-45(5)6/h25-30,37-39,70-72,82-84H,19-24,31-36,40-42H2,1-18H3/b49-37+,50-38+,51-39+,58-52+,59-53+,60-54+. The molecule has 0 saturated heterocycles. The van der Waals surface area contributed by atoms with Gasteiger partial charge >= 0.3 is 25.7 Å². The van der Waals surface area contributed by atoms with Crippen LogP contribution in [0.1, 0.15) is 202 Å². The molecule has 0 aliphatic heterocycles. The van der Waals surface area contributed by atoms with Crippen molar-refractivity contribution in [3.8, 4) is 0 Å². The molecular formula is C69H99O19P. The van der Waals surface area contributed by atoms with Crippen molar-refractivity contribution in [2.45, 2.75) is 218 Å². The quantitative estimate of drug-likeness (QED) is 0.0109. The lowest BCUT2D eigenvalue weighted by atomic mass is 9.86. The molecular weight excluding hydrogens is 1160 g/mol. The molecule has 0 aromatic rings. The molecule has 0 saturated carbocycles. The average Bonchev–Trinajstić information content (AvgIpc) is 0.889. The predicted molar refractivity (Wildman–Crippen MR) is 343 cm³/mol. The monoisotopic (exact) mass is 1260 g/mol. The molecule has 6 N–H and O–H groups in total. The zero-order chi connectivity index (χ0) is 68.9. The number of hydrogen-bond acceptors (Lipinski definition) is 19. The lowest BCUT2D eigenvalue weighted by molar-refractivity contribution is -0.173. The third-order valence-corrected chi connectivity index (χ3v) is 14.9. The largest absolute Gasteiger partial charge is 0.654 e. The van der Waals surface area contributed by atoms with Crippen LogP contribution in [0.5, 0.6) is 0 Å². The summed E-state index contributed by atoms with van der Waals surface area (Å²) in [7, 11) is -6.98. The summed E-state index contributed by atoms with van der Waals surface area (Å²) in [5.41, 5.74) is -8.30. The highest BCUT2D eigenvalue weighted by Crippen LogP contribution is 2.53. The van der Waals surface area contributed by atoms with Crippen LogP contribution >= 0.6 is 7.82 Å². The summed E-state index contributed by atoms with van der Waals surface area (Å²) in [6, 6.07) is 0. The van der Waals surface area contributed by atoms with E-state index in [0.717, 1.165) is 51.7 Å². The maximum absolute atomic E-state index is 15.3. The third kappa shape index (κ3) is 27.1. The number of Topliss-reactive ketones (excluding diaryl/α,β-unsaturated/α-hetero) is 3. The average molecular weight is 1260 g/mol. The van der Waals surface area contributed by atoms with E-state index < -0.39 is 114 Å². The van der Waals surface area contributed by atoms with Crippen molar-refractivity contribution in [3.05, 3.63) is 138 Å². The number of phosphoric acid groups is 1. The summed E-state index contributed by atoms with van der Waals surface area (Å²) in [6.45, 7) is 24.4. The molecule has 89 heavy (non-hydrogen) atoms. The molecule has 0 spiro atoms. The van der Waals surface area contributed by atoms with Crippen molar-refractivity contribution < 1.29 is 91.9 Å². The summed E-state index contributed by atoms with van der Waals surface area (Å²) in [6.07, 6.45) is 16.7. The van der Waals surface area contributed by atoms with Gasteiger partial charge in [-0.15, -0.1) is 0 Å². The number of ketones is 6. The fourth-order valence-electron chi connectivity index (χ4n) is 8.42. The normalized spacial score (nSPS) is 15.4. The molecule has 0 fully saturated rings. The first-order valence-corrected chi connectivity index (χ1v) is 31.1. The Labute approximate surface area is 526 Å². The van der Waals surface area contributed by atoms with Gasteiger partial charge in [-0.05, 0) is 220 Å². The van der Waals surface area contributed by atoms with E-state index >= 15 is 4.57 Å². The molecule has 0 heterocycles. The smallest absolute Gasteiger partial charge is 0.392 e. The van der Waals surface area contributed by atoms with Gasteiger partial charge in [-0.2, -0.15) is 4.57 Å². The number of rotatable bonds is 39. The Balaban J connectivity index is 8.88. The number of aliphatic hydroxyl groups is 6. The zero-order valence-electron chi connectivity index (χ0n) is 55.7. The van der Waals surface area contributed by atoms with Gasteiger partial charge in [0.15, 0.2) is 17.3 Å². The van der Waals surface area contributed by atoms with E-state index in [9.17, 15) is 73.8 Å². The van der Waals surface area contributed by atoms with Crippen LogP contribution in [-0.2, 0) is 61.3 Å². The fraction of sp³-hybridized carbons (Fsp3) is 0.522. The minimum absolute atomic E-state index is 0.0513. The van der Waals surface area contributed by atoms with E-state index in [1.165, 1.54) is 20.8 Å². The summed E-state index contributed by atoms with van der Waals surface area (Å²) in [4.78, 5) is 130. The minimum atomic E-state index is -6.98. The van der Waals surface area contributed by atoms with Crippen LogP contribution in [-0.4, -0.2) is 120 Å². The first kappa shape index (κ1) is 82.3. The lowest BCUT2D eigenvalue weighted by Gasteiger charge is -2.29. The van der Waals surface area contributed by atoms with Crippen LogP contribution in [0.4, 0.5) is 0 Å². The number of carbonyl (C=O) groups excluding carboxylic acids is 9. The van der Waals surface area contributed by atoms with Crippen LogP contribution < -0.4 is 0 Å². The van der Waals surface area contributed by atoms with Crippen LogP contribution in [0.15, 0.2) is 138 Å². The molecule has 3 atom stereocenters. The number of phosphoric ester groups is 1.